The number of hydrogen-bond acceptors (Lipinski definition) is 1. The summed E-state index contributed by atoms with van der Waals surface area (Å²) >= 11 is 6.19. The van der Waals surface area contributed by atoms with E-state index in [9.17, 15) is 8.78 Å². The van der Waals surface area contributed by atoms with E-state index in [-0.39, 0.29) is 17.2 Å². The summed E-state index contributed by atoms with van der Waals surface area (Å²) in [5, 5.41) is 3.31. The highest BCUT2D eigenvalue weighted by Gasteiger charge is 2.22. The molecule has 4 heteroatoms. The predicted molar refractivity (Wildman–Crippen MR) is 65.1 cm³/mol. The Kier molecular flexibility index (Phi) is 4.35. The second-order valence-corrected chi connectivity index (χ2v) is 5.08. The maximum atomic E-state index is 13.4. The third-order valence-electron chi connectivity index (χ3n) is 3.24. The van der Waals surface area contributed by atoms with Gasteiger partial charge in [0.15, 0.2) is 0 Å². The van der Waals surface area contributed by atoms with Crippen molar-refractivity contribution >= 4 is 11.6 Å². The maximum Gasteiger partial charge on any atom is 0.127 e. The van der Waals surface area contributed by atoms with E-state index in [1.54, 1.807) is 0 Å². The van der Waals surface area contributed by atoms with Crippen LogP contribution in [0.25, 0.3) is 0 Å². The van der Waals surface area contributed by atoms with E-state index >= 15 is 0 Å². The number of nitrogens with one attached hydrogen (secondary N) is 1. The molecule has 0 heterocycles. The van der Waals surface area contributed by atoms with Crippen molar-refractivity contribution in [1.29, 1.82) is 0 Å². The molecule has 17 heavy (non-hydrogen) atoms. The van der Waals surface area contributed by atoms with Gasteiger partial charge in [-0.2, -0.15) is 0 Å². The lowest BCUT2D eigenvalue weighted by atomic mass is 9.95. The van der Waals surface area contributed by atoms with Gasteiger partial charge in [-0.05, 0) is 31.0 Å². The van der Waals surface area contributed by atoms with Crippen LogP contribution in [0.5, 0.6) is 0 Å². The molecule has 1 aliphatic rings. The molecule has 0 saturated heterocycles. The van der Waals surface area contributed by atoms with Gasteiger partial charge in [0, 0.05) is 23.5 Å². The van der Waals surface area contributed by atoms with Gasteiger partial charge in [0.05, 0.1) is 0 Å². The first-order chi connectivity index (χ1) is 8.16. The Hall–Kier alpha value is -0.670. The average molecular weight is 260 g/mol. The zero-order valence-corrected chi connectivity index (χ0v) is 10.3. The smallest absolute Gasteiger partial charge is 0.127 e. The minimum Gasteiger partial charge on any atom is -0.308 e. The molecular formula is C13H16ClF2N. The summed E-state index contributed by atoms with van der Waals surface area (Å²) in [6.45, 7) is 0.331. The molecule has 0 aromatic heterocycles. The molecule has 1 aromatic carbocycles. The van der Waals surface area contributed by atoms with E-state index < -0.39 is 5.82 Å². The summed E-state index contributed by atoms with van der Waals surface area (Å²) < 4.78 is 26.4. The Morgan fingerprint density at radius 2 is 2.00 bits per heavy atom. The van der Waals surface area contributed by atoms with Crippen LogP contribution in [0.1, 0.15) is 31.2 Å². The number of benzene rings is 1. The van der Waals surface area contributed by atoms with Crippen LogP contribution in [0.15, 0.2) is 18.2 Å². The van der Waals surface area contributed by atoms with E-state index in [0.717, 1.165) is 37.8 Å². The molecule has 1 nitrogen and oxygen atoms in total. The lowest BCUT2D eigenvalue weighted by Crippen LogP contribution is -2.39. The van der Waals surface area contributed by atoms with Gasteiger partial charge in [-0.15, -0.1) is 11.6 Å². The molecule has 2 rings (SSSR count). The molecular weight excluding hydrogens is 244 g/mol. The molecule has 0 amide bonds. The summed E-state index contributed by atoms with van der Waals surface area (Å²) in [6.07, 6.45) is 4.29. The van der Waals surface area contributed by atoms with Gasteiger partial charge in [0.2, 0.25) is 0 Å². The normalized spacial score (nSPS) is 24.9. The predicted octanol–water partition coefficient (Wildman–Crippen LogP) is 3.60. The van der Waals surface area contributed by atoms with Crippen LogP contribution in [0.2, 0.25) is 0 Å². The fourth-order valence-electron chi connectivity index (χ4n) is 2.24. The SMILES string of the molecule is Fc1ccc(F)c(CNC2CCCCC2Cl)c1. The highest BCUT2D eigenvalue weighted by atomic mass is 35.5. The molecule has 0 aliphatic heterocycles. The highest BCUT2D eigenvalue weighted by Crippen LogP contribution is 2.23. The molecule has 1 saturated carbocycles. The first-order valence-electron chi connectivity index (χ1n) is 5.98. The monoisotopic (exact) mass is 259 g/mol. The third kappa shape index (κ3) is 3.39. The van der Waals surface area contributed by atoms with Gasteiger partial charge in [-0.3, -0.25) is 0 Å². The van der Waals surface area contributed by atoms with Crippen molar-refractivity contribution in [3.8, 4) is 0 Å². The lowest BCUT2D eigenvalue weighted by Gasteiger charge is -2.28. The van der Waals surface area contributed by atoms with E-state index in [0.29, 0.717) is 12.1 Å². The van der Waals surface area contributed by atoms with Crippen molar-refractivity contribution < 1.29 is 8.78 Å². The molecule has 94 valence electrons. The van der Waals surface area contributed by atoms with Crippen LogP contribution >= 0.6 is 11.6 Å². The molecule has 1 N–H and O–H groups in total. The Morgan fingerprint density at radius 3 is 2.76 bits per heavy atom. The third-order valence-corrected chi connectivity index (χ3v) is 3.77. The van der Waals surface area contributed by atoms with Crippen LogP contribution in [0, 0.1) is 11.6 Å². The molecule has 0 bridgehead atoms. The topological polar surface area (TPSA) is 12.0 Å². The Bertz CT molecular complexity index is 384. The Labute approximate surface area is 105 Å². The van der Waals surface area contributed by atoms with Crippen LogP contribution in [-0.2, 0) is 6.54 Å². The molecule has 1 aliphatic carbocycles. The van der Waals surface area contributed by atoms with Gasteiger partial charge < -0.3 is 5.32 Å². The van der Waals surface area contributed by atoms with E-state index in [1.807, 2.05) is 0 Å². The Balaban J connectivity index is 1.94. The van der Waals surface area contributed by atoms with Crippen molar-refractivity contribution in [2.24, 2.45) is 0 Å². The summed E-state index contributed by atoms with van der Waals surface area (Å²) in [6, 6.07) is 3.72. The average Bonchev–Trinajstić information content (AvgIpc) is 2.32. The lowest BCUT2D eigenvalue weighted by molar-refractivity contribution is 0.375. The van der Waals surface area contributed by atoms with Crippen LogP contribution < -0.4 is 5.32 Å². The fraction of sp³-hybridized carbons (Fsp3) is 0.538. The van der Waals surface area contributed by atoms with Gasteiger partial charge in [0.1, 0.15) is 11.6 Å². The van der Waals surface area contributed by atoms with Crippen molar-refractivity contribution in [3.05, 3.63) is 35.4 Å². The second-order valence-electron chi connectivity index (χ2n) is 4.52. The van der Waals surface area contributed by atoms with Gasteiger partial charge >= 0.3 is 0 Å². The maximum absolute atomic E-state index is 13.4. The molecule has 1 fully saturated rings. The van der Waals surface area contributed by atoms with Gasteiger partial charge in [0.25, 0.3) is 0 Å². The quantitative estimate of drug-likeness (QED) is 0.818. The summed E-state index contributed by atoms with van der Waals surface area (Å²) in [7, 11) is 0. The Morgan fingerprint density at radius 1 is 1.24 bits per heavy atom. The molecule has 2 atom stereocenters. The van der Waals surface area contributed by atoms with Crippen molar-refractivity contribution in [2.75, 3.05) is 0 Å². The van der Waals surface area contributed by atoms with Crippen LogP contribution in [0.4, 0.5) is 8.78 Å². The van der Waals surface area contributed by atoms with E-state index in [1.165, 1.54) is 6.07 Å². The molecule has 0 spiro atoms. The number of halogens is 3. The zero-order chi connectivity index (χ0) is 12.3. The minimum atomic E-state index is -0.408. The number of rotatable bonds is 3. The first-order valence-corrected chi connectivity index (χ1v) is 6.42. The highest BCUT2D eigenvalue weighted by molar-refractivity contribution is 6.21. The number of hydrogen-bond donors (Lipinski definition) is 1. The largest absolute Gasteiger partial charge is 0.308 e. The van der Waals surface area contributed by atoms with E-state index in [4.69, 9.17) is 11.6 Å². The van der Waals surface area contributed by atoms with Gasteiger partial charge in [-0.25, -0.2) is 8.78 Å². The fourth-order valence-corrected chi connectivity index (χ4v) is 2.60. The van der Waals surface area contributed by atoms with Gasteiger partial charge in [-0.1, -0.05) is 12.8 Å². The number of alkyl halides is 1. The van der Waals surface area contributed by atoms with Crippen LogP contribution in [0.3, 0.4) is 0 Å². The molecule has 2 unspecified atom stereocenters. The molecule has 1 aromatic rings. The van der Waals surface area contributed by atoms with Crippen molar-refractivity contribution in [3.63, 3.8) is 0 Å². The summed E-state index contributed by atoms with van der Waals surface area (Å²) in [5.41, 5.74) is 0.361. The summed E-state index contributed by atoms with van der Waals surface area (Å²) in [4.78, 5) is 0. The standard InChI is InChI=1S/C13H16ClF2N/c14-11-3-1-2-4-13(11)17-8-9-7-10(15)5-6-12(9)16/h5-7,11,13,17H,1-4,8H2. The second kappa shape index (κ2) is 5.78. The minimum absolute atomic E-state index is 0.0976. The van der Waals surface area contributed by atoms with Crippen molar-refractivity contribution in [2.45, 2.75) is 43.6 Å². The zero-order valence-electron chi connectivity index (χ0n) is 9.56. The summed E-state index contributed by atoms with van der Waals surface area (Å²) in [5.74, 6) is -0.782. The first kappa shape index (κ1) is 12.8. The van der Waals surface area contributed by atoms with E-state index in [2.05, 4.69) is 5.32 Å². The van der Waals surface area contributed by atoms with Crippen LogP contribution in [-0.4, -0.2) is 11.4 Å². The molecule has 0 radical (unpaired) electrons. The van der Waals surface area contributed by atoms with Crippen molar-refractivity contribution in [1.82, 2.24) is 5.32 Å².